The number of methoxy groups -OCH3 is 1. The van der Waals surface area contributed by atoms with Gasteiger partial charge < -0.3 is 15.8 Å². The molecule has 0 radical (unpaired) electrons. The molecule has 2 atom stereocenters. The molecule has 1 aromatic carbocycles. The van der Waals surface area contributed by atoms with Crippen LogP contribution in [-0.4, -0.2) is 40.6 Å². The van der Waals surface area contributed by atoms with E-state index in [0.717, 1.165) is 30.7 Å². The number of amides is 1. The van der Waals surface area contributed by atoms with Crippen molar-refractivity contribution in [1.29, 1.82) is 0 Å². The molecule has 7 heteroatoms. The van der Waals surface area contributed by atoms with Crippen molar-refractivity contribution in [2.75, 3.05) is 13.7 Å². The fourth-order valence-electron chi connectivity index (χ4n) is 3.25. The minimum Gasteiger partial charge on any atom is -0.497 e. The van der Waals surface area contributed by atoms with Crippen molar-refractivity contribution < 1.29 is 9.53 Å². The molecule has 0 spiro atoms. The van der Waals surface area contributed by atoms with Crippen LogP contribution in [0.15, 0.2) is 24.3 Å². The summed E-state index contributed by atoms with van der Waals surface area (Å²) in [4.78, 5) is 12.5. The third-order valence-corrected chi connectivity index (χ3v) is 4.70. The summed E-state index contributed by atoms with van der Waals surface area (Å²) >= 11 is 0. The molecule has 128 valence electrons. The lowest BCUT2D eigenvalue weighted by Gasteiger charge is -2.18. The van der Waals surface area contributed by atoms with E-state index in [9.17, 15) is 4.79 Å². The Morgan fingerprint density at radius 3 is 2.79 bits per heavy atom. The first kappa shape index (κ1) is 16.4. The van der Waals surface area contributed by atoms with Gasteiger partial charge in [0.1, 0.15) is 5.75 Å². The Bertz CT molecular complexity index is 710. The van der Waals surface area contributed by atoms with Gasteiger partial charge in [0.25, 0.3) is 5.91 Å². The fourth-order valence-corrected chi connectivity index (χ4v) is 3.25. The summed E-state index contributed by atoms with van der Waals surface area (Å²) in [5.41, 5.74) is 7.68. The molecule has 1 amide bonds. The van der Waals surface area contributed by atoms with E-state index in [2.05, 4.69) is 15.6 Å². The van der Waals surface area contributed by atoms with Gasteiger partial charge in [-0.2, -0.15) is 0 Å². The minimum absolute atomic E-state index is 0.132. The van der Waals surface area contributed by atoms with Crippen LogP contribution >= 0.6 is 0 Å². The lowest BCUT2D eigenvalue weighted by Crippen LogP contribution is -2.40. The standard InChI is InChI=1S/C17H23N5O2/c1-11-16(17(23)19-15-5-3-4-12(15)10-18)20-21-22(11)13-6-8-14(24-2)9-7-13/h6-9,12,15H,3-5,10,18H2,1-2H3,(H,19,23). The molecule has 1 heterocycles. The number of ether oxygens (including phenoxy) is 1. The predicted octanol–water partition coefficient (Wildman–Crippen LogP) is 1.44. The lowest BCUT2D eigenvalue weighted by atomic mass is 10.0. The van der Waals surface area contributed by atoms with Crippen LogP contribution < -0.4 is 15.8 Å². The number of rotatable bonds is 5. The van der Waals surface area contributed by atoms with Crippen LogP contribution in [0.1, 0.15) is 35.4 Å². The van der Waals surface area contributed by atoms with E-state index >= 15 is 0 Å². The molecule has 1 saturated carbocycles. The zero-order valence-corrected chi connectivity index (χ0v) is 14.0. The normalized spacial score (nSPS) is 20.1. The average Bonchev–Trinajstić information content (AvgIpc) is 3.21. The molecule has 7 nitrogen and oxygen atoms in total. The van der Waals surface area contributed by atoms with Crippen molar-refractivity contribution in [3.05, 3.63) is 35.7 Å². The van der Waals surface area contributed by atoms with E-state index in [4.69, 9.17) is 10.5 Å². The topological polar surface area (TPSA) is 95.1 Å². The van der Waals surface area contributed by atoms with E-state index in [0.29, 0.717) is 23.9 Å². The SMILES string of the molecule is COc1ccc(-n2nnc(C(=O)NC3CCCC3CN)c2C)cc1. The fraction of sp³-hybridized carbons (Fsp3) is 0.471. The molecule has 1 aliphatic carbocycles. The Morgan fingerprint density at radius 1 is 1.38 bits per heavy atom. The summed E-state index contributed by atoms with van der Waals surface area (Å²) < 4.78 is 6.81. The summed E-state index contributed by atoms with van der Waals surface area (Å²) in [6.07, 6.45) is 3.14. The van der Waals surface area contributed by atoms with Crippen LogP contribution in [0.3, 0.4) is 0 Å². The number of nitrogens with one attached hydrogen (secondary N) is 1. The average molecular weight is 329 g/mol. The largest absolute Gasteiger partial charge is 0.497 e. The van der Waals surface area contributed by atoms with Crippen LogP contribution in [0.5, 0.6) is 5.75 Å². The first-order valence-corrected chi connectivity index (χ1v) is 8.21. The molecule has 0 saturated heterocycles. The summed E-state index contributed by atoms with van der Waals surface area (Å²) in [5.74, 6) is 0.937. The van der Waals surface area contributed by atoms with Gasteiger partial charge in [0.2, 0.25) is 0 Å². The molecule has 3 N–H and O–H groups in total. The van der Waals surface area contributed by atoms with E-state index < -0.39 is 0 Å². The zero-order valence-electron chi connectivity index (χ0n) is 14.0. The quantitative estimate of drug-likeness (QED) is 0.865. The summed E-state index contributed by atoms with van der Waals surface area (Å²) in [5, 5.41) is 11.2. The molecule has 0 bridgehead atoms. The van der Waals surface area contributed by atoms with Gasteiger partial charge in [0, 0.05) is 6.04 Å². The van der Waals surface area contributed by atoms with Crippen molar-refractivity contribution in [2.45, 2.75) is 32.2 Å². The summed E-state index contributed by atoms with van der Waals surface area (Å²) in [6, 6.07) is 7.59. The van der Waals surface area contributed by atoms with Gasteiger partial charge in [-0.3, -0.25) is 4.79 Å². The number of nitrogens with zero attached hydrogens (tertiary/aromatic N) is 3. The molecule has 2 unspecified atom stereocenters. The number of carbonyl (C=O) groups is 1. The second-order valence-corrected chi connectivity index (χ2v) is 6.14. The van der Waals surface area contributed by atoms with Crippen LogP contribution in [0.25, 0.3) is 5.69 Å². The third kappa shape index (κ3) is 3.12. The van der Waals surface area contributed by atoms with Crippen LogP contribution in [0, 0.1) is 12.8 Å². The molecular weight excluding hydrogens is 306 g/mol. The first-order chi connectivity index (χ1) is 11.6. The number of aromatic nitrogens is 3. The van der Waals surface area contributed by atoms with E-state index in [1.54, 1.807) is 11.8 Å². The molecule has 3 rings (SSSR count). The predicted molar refractivity (Wildman–Crippen MR) is 90.3 cm³/mol. The molecule has 1 aromatic heterocycles. The van der Waals surface area contributed by atoms with Crippen LogP contribution in [0.4, 0.5) is 0 Å². The highest BCUT2D eigenvalue weighted by Gasteiger charge is 2.29. The van der Waals surface area contributed by atoms with Gasteiger partial charge >= 0.3 is 0 Å². The Hall–Kier alpha value is -2.41. The van der Waals surface area contributed by atoms with Gasteiger partial charge in [0.05, 0.1) is 18.5 Å². The lowest BCUT2D eigenvalue weighted by molar-refractivity contribution is 0.0923. The maximum absolute atomic E-state index is 12.5. The molecule has 2 aromatic rings. The van der Waals surface area contributed by atoms with Crippen molar-refractivity contribution >= 4 is 5.91 Å². The van der Waals surface area contributed by atoms with Crippen molar-refractivity contribution in [1.82, 2.24) is 20.3 Å². The second-order valence-electron chi connectivity index (χ2n) is 6.14. The molecule has 1 aliphatic rings. The number of hydrogen-bond acceptors (Lipinski definition) is 5. The number of nitrogens with two attached hydrogens (primary N) is 1. The maximum Gasteiger partial charge on any atom is 0.273 e. The minimum atomic E-state index is -0.183. The molecular formula is C17H23N5O2. The molecule has 24 heavy (non-hydrogen) atoms. The molecule has 1 fully saturated rings. The van der Waals surface area contributed by atoms with Crippen molar-refractivity contribution in [3.8, 4) is 11.4 Å². The number of benzene rings is 1. The van der Waals surface area contributed by atoms with Crippen molar-refractivity contribution in [2.24, 2.45) is 11.7 Å². The van der Waals surface area contributed by atoms with Gasteiger partial charge in [-0.05, 0) is 56.5 Å². The third-order valence-electron chi connectivity index (χ3n) is 4.70. The summed E-state index contributed by atoms with van der Waals surface area (Å²) in [7, 11) is 1.62. The Balaban J connectivity index is 1.77. The van der Waals surface area contributed by atoms with Crippen molar-refractivity contribution in [3.63, 3.8) is 0 Å². The second kappa shape index (κ2) is 7.00. The highest BCUT2D eigenvalue weighted by molar-refractivity contribution is 5.93. The van der Waals surface area contributed by atoms with Gasteiger partial charge in [0.15, 0.2) is 5.69 Å². The first-order valence-electron chi connectivity index (χ1n) is 8.21. The number of carbonyl (C=O) groups excluding carboxylic acids is 1. The maximum atomic E-state index is 12.5. The summed E-state index contributed by atoms with van der Waals surface area (Å²) in [6.45, 7) is 2.44. The smallest absolute Gasteiger partial charge is 0.273 e. The van der Waals surface area contributed by atoms with E-state index in [1.165, 1.54) is 0 Å². The van der Waals surface area contributed by atoms with Crippen LogP contribution in [-0.2, 0) is 0 Å². The van der Waals surface area contributed by atoms with Gasteiger partial charge in [-0.25, -0.2) is 4.68 Å². The van der Waals surface area contributed by atoms with Gasteiger partial charge in [-0.1, -0.05) is 11.6 Å². The zero-order chi connectivity index (χ0) is 17.1. The van der Waals surface area contributed by atoms with E-state index in [1.807, 2.05) is 31.2 Å². The number of hydrogen-bond donors (Lipinski definition) is 2. The Morgan fingerprint density at radius 2 is 2.12 bits per heavy atom. The highest BCUT2D eigenvalue weighted by atomic mass is 16.5. The van der Waals surface area contributed by atoms with Crippen LogP contribution in [0.2, 0.25) is 0 Å². The highest BCUT2D eigenvalue weighted by Crippen LogP contribution is 2.25. The monoisotopic (exact) mass is 329 g/mol. The van der Waals surface area contributed by atoms with Gasteiger partial charge in [-0.15, -0.1) is 5.10 Å². The Kier molecular flexibility index (Phi) is 4.80. The van der Waals surface area contributed by atoms with E-state index in [-0.39, 0.29) is 11.9 Å². The Labute approximate surface area is 141 Å². The molecule has 0 aliphatic heterocycles.